The Balaban J connectivity index is 1.82. The van der Waals surface area contributed by atoms with Gasteiger partial charge in [-0.05, 0) is 67.3 Å². The lowest BCUT2D eigenvalue weighted by Gasteiger charge is -2.32. The second kappa shape index (κ2) is 15.0. The van der Waals surface area contributed by atoms with E-state index < -0.39 is 6.04 Å². The molecule has 3 rings (SSSR count). The largest absolute Gasteiger partial charge is 0.494 e. The van der Waals surface area contributed by atoms with Crippen molar-refractivity contribution in [1.29, 1.82) is 0 Å². The minimum atomic E-state index is -0.720. The van der Waals surface area contributed by atoms with Crippen LogP contribution in [0.15, 0.2) is 72.8 Å². The van der Waals surface area contributed by atoms with Crippen LogP contribution in [0.25, 0.3) is 0 Å². The van der Waals surface area contributed by atoms with Crippen LogP contribution in [0.5, 0.6) is 5.75 Å². The lowest BCUT2D eigenvalue weighted by atomic mass is 10.0. The molecule has 1 N–H and O–H groups in total. The number of ether oxygens (including phenoxy) is 1. The first-order chi connectivity index (χ1) is 18.3. The van der Waals surface area contributed by atoms with Gasteiger partial charge in [-0.2, -0.15) is 0 Å². The molecule has 0 aliphatic heterocycles. The monoisotopic (exact) mass is 574 g/mol. The number of hydrogen-bond donors (Lipinski definition) is 1. The molecule has 0 aliphatic rings. The molecule has 38 heavy (non-hydrogen) atoms. The van der Waals surface area contributed by atoms with Gasteiger partial charge in [0.2, 0.25) is 11.8 Å². The van der Waals surface area contributed by atoms with E-state index in [-0.39, 0.29) is 30.8 Å². The van der Waals surface area contributed by atoms with Crippen LogP contribution in [0.4, 0.5) is 0 Å². The minimum Gasteiger partial charge on any atom is -0.494 e. The summed E-state index contributed by atoms with van der Waals surface area (Å²) >= 11 is 18.5. The summed E-state index contributed by atoms with van der Waals surface area (Å²) in [5.74, 6) is 0.330. The quantitative estimate of drug-likeness (QED) is 0.217. The molecule has 2 amide bonds. The summed E-state index contributed by atoms with van der Waals surface area (Å²) in [6.07, 6.45) is 1.85. The van der Waals surface area contributed by atoms with E-state index >= 15 is 0 Å². The van der Waals surface area contributed by atoms with E-state index in [0.717, 1.165) is 17.5 Å². The molecule has 0 spiro atoms. The van der Waals surface area contributed by atoms with Crippen LogP contribution in [0.2, 0.25) is 15.1 Å². The molecular formula is C30H33Cl3N2O3. The van der Waals surface area contributed by atoms with Crippen molar-refractivity contribution in [3.63, 3.8) is 0 Å². The first kappa shape index (κ1) is 29.8. The fourth-order valence-corrected chi connectivity index (χ4v) is 4.51. The molecule has 0 fully saturated rings. The van der Waals surface area contributed by atoms with E-state index in [1.807, 2.05) is 44.2 Å². The van der Waals surface area contributed by atoms with Crippen molar-refractivity contribution in [3.8, 4) is 5.75 Å². The van der Waals surface area contributed by atoms with E-state index in [4.69, 9.17) is 39.5 Å². The SMILES string of the molecule is CC[C@@H](C)NC(=O)[C@H](Cc1ccccc1)N(Cc1ccc(Cl)cc1Cl)C(=O)CCCOc1ccc(Cl)cc1. The van der Waals surface area contributed by atoms with Crippen LogP contribution >= 0.6 is 34.8 Å². The Kier molecular flexibility index (Phi) is 11.8. The minimum absolute atomic E-state index is 0.0235. The Morgan fingerprint density at radius 3 is 2.29 bits per heavy atom. The van der Waals surface area contributed by atoms with Gasteiger partial charge in [0.1, 0.15) is 11.8 Å². The number of benzene rings is 3. The zero-order valence-corrected chi connectivity index (χ0v) is 23.9. The highest BCUT2D eigenvalue weighted by Crippen LogP contribution is 2.25. The molecular weight excluding hydrogens is 543 g/mol. The average molecular weight is 576 g/mol. The zero-order chi connectivity index (χ0) is 27.5. The summed E-state index contributed by atoms with van der Waals surface area (Å²) in [5, 5.41) is 4.65. The molecule has 5 nitrogen and oxygen atoms in total. The second-order valence-corrected chi connectivity index (χ2v) is 10.5. The van der Waals surface area contributed by atoms with Gasteiger partial charge in [0.05, 0.1) is 6.61 Å². The predicted molar refractivity (Wildman–Crippen MR) is 155 cm³/mol. The number of amides is 2. The van der Waals surface area contributed by atoms with Gasteiger partial charge in [-0.15, -0.1) is 0 Å². The van der Waals surface area contributed by atoms with E-state index in [2.05, 4.69) is 5.32 Å². The van der Waals surface area contributed by atoms with Crippen molar-refractivity contribution >= 4 is 46.6 Å². The summed E-state index contributed by atoms with van der Waals surface area (Å²) in [7, 11) is 0. The van der Waals surface area contributed by atoms with Gasteiger partial charge in [0.15, 0.2) is 0 Å². The molecule has 0 bridgehead atoms. The summed E-state index contributed by atoms with van der Waals surface area (Å²) in [4.78, 5) is 28.8. The molecule has 202 valence electrons. The zero-order valence-electron chi connectivity index (χ0n) is 21.6. The van der Waals surface area contributed by atoms with E-state index in [9.17, 15) is 9.59 Å². The standard InChI is InChI=1S/C30H33Cl3N2O3/c1-3-21(2)34-30(37)28(18-22-8-5-4-6-9-22)35(20-23-11-12-25(32)19-27(23)33)29(36)10-7-17-38-26-15-13-24(31)14-16-26/h4-6,8-9,11-16,19,21,28H,3,7,10,17-18,20H2,1-2H3,(H,34,37)/t21-,28+/m1/s1. The Morgan fingerprint density at radius 1 is 0.947 bits per heavy atom. The molecule has 0 heterocycles. The number of carbonyl (C=O) groups excluding carboxylic acids is 2. The Labute approximate surface area is 240 Å². The summed E-state index contributed by atoms with van der Waals surface area (Å²) in [5.41, 5.74) is 1.68. The molecule has 0 saturated heterocycles. The number of halogens is 3. The maximum Gasteiger partial charge on any atom is 0.243 e. The van der Waals surface area contributed by atoms with Gasteiger partial charge in [-0.25, -0.2) is 0 Å². The average Bonchev–Trinajstić information content (AvgIpc) is 2.91. The Bertz CT molecular complexity index is 1190. The first-order valence-corrected chi connectivity index (χ1v) is 13.9. The number of carbonyl (C=O) groups is 2. The van der Waals surface area contributed by atoms with Crippen molar-refractivity contribution in [1.82, 2.24) is 10.2 Å². The van der Waals surface area contributed by atoms with Gasteiger partial charge in [0, 0.05) is 40.5 Å². The van der Waals surface area contributed by atoms with E-state index in [1.54, 1.807) is 47.4 Å². The maximum absolute atomic E-state index is 13.7. The second-order valence-electron chi connectivity index (χ2n) is 9.19. The Hall–Kier alpha value is -2.73. The van der Waals surface area contributed by atoms with Gasteiger partial charge in [-0.1, -0.05) is 78.1 Å². The van der Waals surface area contributed by atoms with Gasteiger partial charge < -0.3 is 15.0 Å². The lowest BCUT2D eigenvalue weighted by molar-refractivity contribution is -0.141. The van der Waals surface area contributed by atoms with Crippen LogP contribution in [-0.4, -0.2) is 35.4 Å². The lowest BCUT2D eigenvalue weighted by Crippen LogP contribution is -2.52. The van der Waals surface area contributed by atoms with Gasteiger partial charge in [-0.3, -0.25) is 9.59 Å². The molecule has 0 aromatic heterocycles. The third-order valence-electron chi connectivity index (χ3n) is 6.25. The van der Waals surface area contributed by atoms with Gasteiger partial charge >= 0.3 is 0 Å². The highest BCUT2D eigenvalue weighted by atomic mass is 35.5. The van der Waals surface area contributed by atoms with Crippen LogP contribution in [0.1, 0.15) is 44.2 Å². The molecule has 8 heteroatoms. The topological polar surface area (TPSA) is 58.6 Å². The maximum atomic E-state index is 13.7. The van der Waals surface area contributed by atoms with Crippen LogP contribution < -0.4 is 10.1 Å². The number of nitrogens with one attached hydrogen (secondary N) is 1. The summed E-state index contributed by atoms with van der Waals surface area (Å²) in [6.45, 7) is 4.49. The highest BCUT2D eigenvalue weighted by molar-refractivity contribution is 6.35. The summed E-state index contributed by atoms with van der Waals surface area (Å²) < 4.78 is 5.77. The van der Waals surface area contributed by atoms with Crippen molar-refractivity contribution < 1.29 is 14.3 Å². The van der Waals surface area contributed by atoms with Crippen molar-refractivity contribution in [2.75, 3.05) is 6.61 Å². The first-order valence-electron chi connectivity index (χ1n) is 12.7. The third kappa shape index (κ3) is 9.23. The van der Waals surface area contributed by atoms with E-state index in [0.29, 0.717) is 40.3 Å². The molecule has 3 aromatic rings. The number of rotatable bonds is 13. The number of nitrogens with zero attached hydrogens (tertiary/aromatic N) is 1. The molecule has 3 aromatic carbocycles. The van der Waals surface area contributed by atoms with Crippen molar-refractivity contribution in [2.24, 2.45) is 0 Å². The molecule has 0 radical (unpaired) electrons. The molecule has 0 aliphatic carbocycles. The van der Waals surface area contributed by atoms with E-state index in [1.165, 1.54) is 0 Å². The number of hydrogen-bond acceptors (Lipinski definition) is 3. The van der Waals surface area contributed by atoms with Crippen LogP contribution in [-0.2, 0) is 22.6 Å². The van der Waals surface area contributed by atoms with Crippen LogP contribution in [0, 0.1) is 0 Å². The predicted octanol–water partition coefficient (Wildman–Crippen LogP) is 7.36. The Morgan fingerprint density at radius 2 is 1.63 bits per heavy atom. The molecule has 0 unspecified atom stereocenters. The van der Waals surface area contributed by atoms with Crippen LogP contribution in [0.3, 0.4) is 0 Å². The normalized spacial score (nSPS) is 12.4. The smallest absolute Gasteiger partial charge is 0.243 e. The fourth-order valence-electron chi connectivity index (χ4n) is 3.92. The highest BCUT2D eigenvalue weighted by Gasteiger charge is 2.31. The molecule has 2 atom stereocenters. The summed E-state index contributed by atoms with van der Waals surface area (Å²) in [6, 6.07) is 21.2. The molecule has 0 saturated carbocycles. The van der Waals surface area contributed by atoms with Gasteiger partial charge in [0.25, 0.3) is 0 Å². The third-order valence-corrected chi connectivity index (χ3v) is 7.08. The van der Waals surface area contributed by atoms with Crippen molar-refractivity contribution in [2.45, 2.75) is 58.2 Å². The fraction of sp³-hybridized carbons (Fsp3) is 0.333. The van der Waals surface area contributed by atoms with Crippen molar-refractivity contribution in [3.05, 3.63) is 99.0 Å².